The third-order valence-corrected chi connectivity index (χ3v) is 3.54. The van der Waals surface area contributed by atoms with Crippen LogP contribution in [0.2, 0.25) is 5.02 Å². The fourth-order valence-electron chi connectivity index (χ4n) is 2.01. The lowest BCUT2D eigenvalue weighted by molar-refractivity contribution is 0.0941. The van der Waals surface area contributed by atoms with Gasteiger partial charge in [0.1, 0.15) is 0 Å². The number of amides is 1. The summed E-state index contributed by atoms with van der Waals surface area (Å²) in [6, 6.07) is 11.1. The summed E-state index contributed by atoms with van der Waals surface area (Å²) in [6.07, 6.45) is 1.53. The number of benzene rings is 1. The van der Waals surface area contributed by atoms with E-state index in [0.29, 0.717) is 10.8 Å². The zero-order valence-electron chi connectivity index (χ0n) is 11.8. The van der Waals surface area contributed by atoms with Crippen molar-refractivity contribution in [1.29, 1.82) is 0 Å². The van der Waals surface area contributed by atoms with Gasteiger partial charge in [-0.05, 0) is 0 Å². The lowest BCUT2D eigenvalue weighted by atomic mass is 10.1. The molecular weight excluding hydrogens is 304 g/mol. The summed E-state index contributed by atoms with van der Waals surface area (Å²) < 4.78 is 6.81. The molecule has 1 aromatic carbocycles. The van der Waals surface area contributed by atoms with E-state index in [4.69, 9.17) is 16.1 Å². The number of nitrogens with zero attached hydrogens (tertiary/aromatic N) is 3. The third kappa shape index (κ3) is 2.87. The predicted octanol–water partition coefficient (Wildman–Crippen LogP) is 2.66. The summed E-state index contributed by atoms with van der Waals surface area (Å²) in [7, 11) is 1.76. The van der Waals surface area contributed by atoms with E-state index in [1.54, 1.807) is 17.8 Å². The SMILES string of the molecule is Cn1ncc(Cl)c1CNC(=O)c1cc(-c2ccccc2)on1. The van der Waals surface area contributed by atoms with Gasteiger partial charge in [0, 0.05) is 18.7 Å². The second kappa shape index (κ2) is 6.03. The van der Waals surface area contributed by atoms with Crippen LogP contribution in [0.25, 0.3) is 11.3 Å². The number of rotatable bonds is 4. The molecule has 7 heteroatoms. The van der Waals surface area contributed by atoms with Crippen molar-refractivity contribution in [2.45, 2.75) is 6.54 Å². The summed E-state index contributed by atoms with van der Waals surface area (Å²) in [6.45, 7) is 0.266. The molecule has 0 aliphatic heterocycles. The van der Waals surface area contributed by atoms with E-state index in [-0.39, 0.29) is 18.1 Å². The predicted molar refractivity (Wildman–Crippen MR) is 81.3 cm³/mol. The Bertz CT molecular complexity index is 775. The summed E-state index contributed by atoms with van der Waals surface area (Å²) in [4.78, 5) is 12.1. The van der Waals surface area contributed by atoms with Crippen LogP contribution in [0.1, 0.15) is 16.2 Å². The van der Waals surface area contributed by atoms with Gasteiger partial charge in [0.25, 0.3) is 5.91 Å². The molecule has 1 N–H and O–H groups in total. The molecular formula is C15H13ClN4O2. The first-order valence-electron chi connectivity index (χ1n) is 6.62. The standard InChI is InChI=1S/C15H13ClN4O2/c1-20-13(11(16)8-18-20)9-17-15(21)12-7-14(22-19-12)10-5-3-2-4-6-10/h2-8H,9H2,1H3,(H,17,21). The van der Waals surface area contributed by atoms with Gasteiger partial charge in [0.15, 0.2) is 11.5 Å². The van der Waals surface area contributed by atoms with Gasteiger partial charge in [-0.3, -0.25) is 9.48 Å². The number of aryl methyl sites for hydroxylation is 1. The molecule has 0 saturated heterocycles. The van der Waals surface area contributed by atoms with E-state index in [9.17, 15) is 4.79 Å². The van der Waals surface area contributed by atoms with Crippen molar-refractivity contribution in [2.24, 2.45) is 7.05 Å². The Balaban J connectivity index is 1.70. The molecule has 22 heavy (non-hydrogen) atoms. The summed E-state index contributed by atoms with van der Waals surface area (Å²) in [5.74, 6) is 0.215. The maximum absolute atomic E-state index is 12.1. The third-order valence-electron chi connectivity index (χ3n) is 3.23. The average molecular weight is 317 g/mol. The fourth-order valence-corrected chi connectivity index (χ4v) is 2.24. The molecule has 0 bridgehead atoms. The summed E-state index contributed by atoms with van der Waals surface area (Å²) >= 11 is 5.99. The maximum Gasteiger partial charge on any atom is 0.273 e. The number of hydrogen-bond acceptors (Lipinski definition) is 4. The Labute approximate surface area is 131 Å². The Morgan fingerprint density at radius 3 is 2.82 bits per heavy atom. The van der Waals surface area contributed by atoms with E-state index in [1.807, 2.05) is 30.3 Å². The van der Waals surface area contributed by atoms with E-state index in [2.05, 4.69) is 15.6 Å². The van der Waals surface area contributed by atoms with Crippen LogP contribution in [0.15, 0.2) is 47.1 Å². The largest absolute Gasteiger partial charge is 0.355 e. The first-order valence-corrected chi connectivity index (χ1v) is 6.99. The van der Waals surface area contributed by atoms with Crippen molar-refractivity contribution in [3.8, 4) is 11.3 Å². The maximum atomic E-state index is 12.1. The average Bonchev–Trinajstić information content (AvgIpc) is 3.14. The first-order chi connectivity index (χ1) is 10.6. The monoisotopic (exact) mass is 316 g/mol. The van der Waals surface area contributed by atoms with Crippen LogP contribution in [-0.4, -0.2) is 20.8 Å². The number of halogens is 1. The van der Waals surface area contributed by atoms with Gasteiger partial charge >= 0.3 is 0 Å². The molecule has 6 nitrogen and oxygen atoms in total. The Hall–Kier alpha value is -2.60. The molecule has 3 rings (SSSR count). The van der Waals surface area contributed by atoms with E-state index >= 15 is 0 Å². The van der Waals surface area contributed by atoms with Crippen LogP contribution < -0.4 is 5.32 Å². The topological polar surface area (TPSA) is 73.0 Å². The Morgan fingerprint density at radius 2 is 2.14 bits per heavy atom. The highest BCUT2D eigenvalue weighted by atomic mass is 35.5. The number of carbonyl (C=O) groups excluding carboxylic acids is 1. The molecule has 0 aliphatic rings. The molecule has 3 aromatic rings. The molecule has 0 aliphatic carbocycles. The minimum Gasteiger partial charge on any atom is -0.355 e. The van der Waals surface area contributed by atoms with Crippen LogP contribution >= 0.6 is 11.6 Å². The smallest absolute Gasteiger partial charge is 0.273 e. The molecule has 0 atom stereocenters. The molecule has 0 unspecified atom stereocenters. The molecule has 1 amide bonds. The Morgan fingerprint density at radius 1 is 1.36 bits per heavy atom. The van der Waals surface area contributed by atoms with Crippen molar-refractivity contribution in [3.05, 3.63) is 59.0 Å². The first kappa shape index (κ1) is 14.3. The normalized spacial score (nSPS) is 10.6. The molecule has 0 spiro atoms. The van der Waals surface area contributed by atoms with Crippen molar-refractivity contribution < 1.29 is 9.32 Å². The van der Waals surface area contributed by atoms with Gasteiger partial charge in [0.2, 0.25) is 0 Å². The van der Waals surface area contributed by atoms with Crippen LogP contribution in [0.3, 0.4) is 0 Å². The second-order valence-electron chi connectivity index (χ2n) is 4.69. The van der Waals surface area contributed by atoms with E-state index in [0.717, 1.165) is 11.3 Å². The highest BCUT2D eigenvalue weighted by Gasteiger charge is 2.15. The summed E-state index contributed by atoms with van der Waals surface area (Å²) in [5, 5.41) is 11.1. The molecule has 2 aromatic heterocycles. The van der Waals surface area contributed by atoms with Crippen LogP contribution in [0.4, 0.5) is 0 Å². The van der Waals surface area contributed by atoms with Gasteiger partial charge in [-0.1, -0.05) is 47.1 Å². The zero-order chi connectivity index (χ0) is 15.5. The van der Waals surface area contributed by atoms with Gasteiger partial charge < -0.3 is 9.84 Å². The van der Waals surface area contributed by atoms with Gasteiger partial charge in [-0.2, -0.15) is 5.10 Å². The minimum absolute atomic E-state index is 0.220. The van der Waals surface area contributed by atoms with Crippen LogP contribution in [0, 0.1) is 0 Å². The van der Waals surface area contributed by atoms with E-state index in [1.165, 1.54) is 6.20 Å². The van der Waals surface area contributed by atoms with Crippen molar-refractivity contribution in [2.75, 3.05) is 0 Å². The quantitative estimate of drug-likeness (QED) is 0.803. The number of hydrogen-bond donors (Lipinski definition) is 1. The van der Waals surface area contributed by atoms with Crippen molar-refractivity contribution in [1.82, 2.24) is 20.3 Å². The Kier molecular flexibility index (Phi) is 3.93. The highest BCUT2D eigenvalue weighted by molar-refractivity contribution is 6.31. The number of aromatic nitrogens is 3. The van der Waals surface area contributed by atoms with Gasteiger partial charge in [-0.15, -0.1) is 0 Å². The minimum atomic E-state index is -0.330. The number of nitrogens with one attached hydrogen (secondary N) is 1. The van der Waals surface area contributed by atoms with Gasteiger partial charge in [0.05, 0.1) is 23.5 Å². The summed E-state index contributed by atoms with van der Waals surface area (Å²) in [5.41, 5.74) is 1.81. The van der Waals surface area contributed by atoms with Crippen molar-refractivity contribution >= 4 is 17.5 Å². The second-order valence-corrected chi connectivity index (χ2v) is 5.10. The molecule has 112 valence electrons. The molecule has 0 radical (unpaired) electrons. The lowest BCUT2D eigenvalue weighted by Gasteiger charge is -2.04. The van der Waals surface area contributed by atoms with Gasteiger partial charge in [-0.25, -0.2) is 0 Å². The van der Waals surface area contributed by atoms with Crippen molar-refractivity contribution in [3.63, 3.8) is 0 Å². The zero-order valence-corrected chi connectivity index (χ0v) is 12.5. The highest BCUT2D eigenvalue weighted by Crippen LogP contribution is 2.20. The van der Waals surface area contributed by atoms with Crippen LogP contribution in [0.5, 0.6) is 0 Å². The number of carbonyl (C=O) groups is 1. The molecule has 0 saturated carbocycles. The molecule has 2 heterocycles. The van der Waals surface area contributed by atoms with Crippen LogP contribution in [-0.2, 0) is 13.6 Å². The lowest BCUT2D eigenvalue weighted by Crippen LogP contribution is -2.24. The fraction of sp³-hybridized carbons (Fsp3) is 0.133. The van der Waals surface area contributed by atoms with E-state index < -0.39 is 0 Å². The molecule has 0 fully saturated rings.